The van der Waals surface area contributed by atoms with Crippen molar-refractivity contribution in [3.05, 3.63) is 0 Å². The van der Waals surface area contributed by atoms with Gasteiger partial charge < -0.3 is 14.8 Å². The van der Waals surface area contributed by atoms with Gasteiger partial charge in [0.1, 0.15) is 0 Å². The van der Waals surface area contributed by atoms with Crippen molar-refractivity contribution >= 4 is 0 Å². The number of hydrogen-bond donors (Lipinski definition) is 1. The molecule has 4 heteroatoms. The maximum Gasteiger partial charge on any atom is 0.0621 e. The van der Waals surface area contributed by atoms with Gasteiger partial charge in [0.05, 0.1) is 13.2 Å². The summed E-state index contributed by atoms with van der Waals surface area (Å²) in [5.41, 5.74) is 0. The molecule has 2 atom stereocenters. The molecule has 2 heterocycles. The fourth-order valence-electron chi connectivity index (χ4n) is 3.15. The molecule has 0 aliphatic carbocycles. The van der Waals surface area contributed by atoms with Crippen molar-refractivity contribution in [2.24, 2.45) is 0 Å². The van der Waals surface area contributed by atoms with E-state index in [2.05, 4.69) is 10.2 Å². The lowest BCUT2D eigenvalue weighted by atomic mass is 9.97. The van der Waals surface area contributed by atoms with Crippen molar-refractivity contribution in [2.45, 2.75) is 44.2 Å². The lowest BCUT2D eigenvalue weighted by Gasteiger charge is -2.42. The lowest BCUT2D eigenvalue weighted by Crippen LogP contribution is -2.53. The SMILES string of the molecule is COCCNCC1CCCCN1C1CCCOC1. The molecule has 18 heavy (non-hydrogen) atoms. The number of rotatable bonds is 6. The zero-order chi connectivity index (χ0) is 12.6. The van der Waals surface area contributed by atoms with Crippen LogP contribution in [0.4, 0.5) is 0 Å². The first kappa shape index (κ1) is 14.3. The molecule has 1 N–H and O–H groups in total. The van der Waals surface area contributed by atoms with Gasteiger partial charge in [-0.1, -0.05) is 6.42 Å². The van der Waals surface area contributed by atoms with Gasteiger partial charge in [-0.3, -0.25) is 4.90 Å². The molecule has 0 amide bonds. The summed E-state index contributed by atoms with van der Waals surface area (Å²) in [5, 5.41) is 3.52. The standard InChI is InChI=1S/C14H28N2O2/c1-17-10-7-15-11-13-5-2-3-8-16(13)14-6-4-9-18-12-14/h13-15H,2-12H2,1H3. The third kappa shape index (κ3) is 4.19. The molecule has 0 aromatic heterocycles. The normalized spacial score (nSPS) is 30.5. The summed E-state index contributed by atoms with van der Waals surface area (Å²) in [4.78, 5) is 2.70. The second-order valence-corrected chi connectivity index (χ2v) is 5.46. The first-order chi connectivity index (χ1) is 8.92. The minimum atomic E-state index is 0.660. The first-order valence-electron chi connectivity index (χ1n) is 7.45. The van der Waals surface area contributed by atoms with E-state index in [0.717, 1.165) is 32.9 Å². The van der Waals surface area contributed by atoms with Crippen LogP contribution >= 0.6 is 0 Å². The van der Waals surface area contributed by atoms with Crippen molar-refractivity contribution in [3.63, 3.8) is 0 Å². The highest BCUT2D eigenvalue weighted by molar-refractivity contribution is 4.85. The predicted octanol–water partition coefficient (Wildman–Crippen LogP) is 1.26. The molecule has 0 spiro atoms. The number of piperidine rings is 1. The highest BCUT2D eigenvalue weighted by atomic mass is 16.5. The molecular weight excluding hydrogens is 228 g/mol. The predicted molar refractivity (Wildman–Crippen MR) is 72.9 cm³/mol. The quantitative estimate of drug-likeness (QED) is 0.725. The zero-order valence-electron chi connectivity index (χ0n) is 11.7. The summed E-state index contributed by atoms with van der Waals surface area (Å²) < 4.78 is 10.7. The van der Waals surface area contributed by atoms with Gasteiger partial charge in [-0.05, 0) is 32.2 Å². The van der Waals surface area contributed by atoms with E-state index >= 15 is 0 Å². The Morgan fingerprint density at radius 1 is 1.28 bits per heavy atom. The largest absolute Gasteiger partial charge is 0.383 e. The smallest absolute Gasteiger partial charge is 0.0621 e. The topological polar surface area (TPSA) is 33.7 Å². The fourth-order valence-corrected chi connectivity index (χ4v) is 3.15. The Bertz CT molecular complexity index is 220. The van der Waals surface area contributed by atoms with Gasteiger partial charge in [-0.15, -0.1) is 0 Å². The molecular formula is C14H28N2O2. The second kappa shape index (κ2) is 8.10. The summed E-state index contributed by atoms with van der Waals surface area (Å²) in [7, 11) is 1.76. The van der Waals surface area contributed by atoms with E-state index in [4.69, 9.17) is 9.47 Å². The van der Waals surface area contributed by atoms with Crippen LogP contribution in [0, 0.1) is 0 Å². The molecule has 2 saturated heterocycles. The van der Waals surface area contributed by atoms with Gasteiger partial charge in [-0.25, -0.2) is 0 Å². The summed E-state index contributed by atoms with van der Waals surface area (Å²) in [5.74, 6) is 0. The van der Waals surface area contributed by atoms with Gasteiger partial charge in [0.15, 0.2) is 0 Å². The van der Waals surface area contributed by atoms with Gasteiger partial charge >= 0.3 is 0 Å². The third-order valence-electron chi connectivity index (χ3n) is 4.14. The van der Waals surface area contributed by atoms with Crippen molar-refractivity contribution < 1.29 is 9.47 Å². The number of ether oxygens (including phenoxy) is 2. The third-order valence-corrected chi connectivity index (χ3v) is 4.14. The number of nitrogens with one attached hydrogen (secondary N) is 1. The van der Waals surface area contributed by atoms with Crippen LogP contribution in [0.25, 0.3) is 0 Å². The van der Waals surface area contributed by atoms with Crippen LogP contribution in [0.2, 0.25) is 0 Å². The molecule has 0 bridgehead atoms. The Balaban J connectivity index is 1.77. The Kier molecular flexibility index (Phi) is 6.41. The van der Waals surface area contributed by atoms with Crippen LogP contribution in [0.1, 0.15) is 32.1 Å². The van der Waals surface area contributed by atoms with Crippen molar-refractivity contribution in [1.29, 1.82) is 0 Å². The minimum Gasteiger partial charge on any atom is -0.383 e. The van der Waals surface area contributed by atoms with Crippen molar-refractivity contribution in [2.75, 3.05) is 46.6 Å². The van der Waals surface area contributed by atoms with E-state index < -0.39 is 0 Å². The highest BCUT2D eigenvalue weighted by Gasteiger charge is 2.29. The second-order valence-electron chi connectivity index (χ2n) is 5.46. The van der Waals surface area contributed by atoms with Crippen LogP contribution in [0.5, 0.6) is 0 Å². The van der Waals surface area contributed by atoms with Crippen molar-refractivity contribution in [1.82, 2.24) is 10.2 Å². The molecule has 2 aliphatic rings. The van der Waals surface area contributed by atoms with E-state index in [1.165, 1.54) is 38.6 Å². The Morgan fingerprint density at radius 3 is 3.00 bits per heavy atom. The molecule has 0 aromatic carbocycles. The maximum atomic E-state index is 5.64. The van der Waals surface area contributed by atoms with Gasteiger partial charge in [0, 0.05) is 38.9 Å². The summed E-state index contributed by atoms with van der Waals surface area (Å²) in [6.45, 7) is 6.02. The molecule has 2 aliphatic heterocycles. The van der Waals surface area contributed by atoms with Crippen LogP contribution in [-0.2, 0) is 9.47 Å². The average Bonchev–Trinajstić information content (AvgIpc) is 2.45. The summed E-state index contributed by atoms with van der Waals surface area (Å²) in [6, 6.07) is 1.36. The van der Waals surface area contributed by atoms with Gasteiger partial charge in [0.25, 0.3) is 0 Å². The van der Waals surface area contributed by atoms with Gasteiger partial charge in [-0.2, -0.15) is 0 Å². The van der Waals surface area contributed by atoms with Crippen LogP contribution < -0.4 is 5.32 Å². The monoisotopic (exact) mass is 256 g/mol. The molecule has 106 valence electrons. The molecule has 2 rings (SSSR count). The zero-order valence-corrected chi connectivity index (χ0v) is 11.7. The molecule has 4 nitrogen and oxygen atoms in total. The number of methoxy groups -OCH3 is 1. The highest BCUT2D eigenvalue weighted by Crippen LogP contribution is 2.23. The average molecular weight is 256 g/mol. The maximum absolute atomic E-state index is 5.64. The van der Waals surface area contributed by atoms with E-state index in [0.29, 0.717) is 12.1 Å². The molecule has 2 fully saturated rings. The first-order valence-corrected chi connectivity index (χ1v) is 7.45. The Morgan fingerprint density at radius 2 is 2.22 bits per heavy atom. The fraction of sp³-hybridized carbons (Fsp3) is 1.00. The lowest BCUT2D eigenvalue weighted by molar-refractivity contribution is -0.0113. The van der Waals surface area contributed by atoms with Crippen molar-refractivity contribution in [3.8, 4) is 0 Å². The number of hydrogen-bond acceptors (Lipinski definition) is 4. The molecule has 0 radical (unpaired) electrons. The Labute approximate surface area is 111 Å². The van der Waals surface area contributed by atoms with Crippen LogP contribution in [0.3, 0.4) is 0 Å². The Hall–Kier alpha value is -0.160. The number of likely N-dealkylation sites (tertiary alicyclic amines) is 1. The van der Waals surface area contributed by atoms with Crippen LogP contribution in [-0.4, -0.2) is 63.5 Å². The van der Waals surface area contributed by atoms with E-state index in [-0.39, 0.29) is 0 Å². The van der Waals surface area contributed by atoms with E-state index in [1.54, 1.807) is 7.11 Å². The van der Waals surface area contributed by atoms with Gasteiger partial charge in [0.2, 0.25) is 0 Å². The molecule has 0 aromatic rings. The minimum absolute atomic E-state index is 0.660. The van der Waals surface area contributed by atoms with E-state index in [1.807, 2.05) is 0 Å². The number of nitrogens with zero attached hydrogens (tertiary/aromatic N) is 1. The molecule has 2 unspecified atom stereocenters. The van der Waals surface area contributed by atoms with Crippen LogP contribution in [0.15, 0.2) is 0 Å². The summed E-state index contributed by atoms with van der Waals surface area (Å²) >= 11 is 0. The molecule has 0 saturated carbocycles. The summed E-state index contributed by atoms with van der Waals surface area (Å²) in [6.07, 6.45) is 6.60. The van der Waals surface area contributed by atoms with E-state index in [9.17, 15) is 0 Å².